The molecule has 3 nitrogen and oxygen atoms in total. The lowest BCUT2D eigenvalue weighted by atomic mass is 10.0. The third-order valence-corrected chi connectivity index (χ3v) is 6.90. The molecular formula is C24H25N3S. The third kappa shape index (κ3) is 3.43. The summed E-state index contributed by atoms with van der Waals surface area (Å²) in [6, 6.07) is 16.2. The molecule has 0 bridgehead atoms. The molecule has 0 N–H and O–H groups in total. The first-order valence-electron chi connectivity index (χ1n) is 10.2. The predicted octanol–water partition coefficient (Wildman–Crippen LogP) is 5.85. The molecule has 1 aliphatic heterocycles. The molecule has 1 saturated heterocycles. The molecule has 0 saturated carbocycles. The van der Waals surface area contributed by atoms with E-state index in [9.17, 15) is 0 Å². The van der Waals surface area contributed by atoms with Gasteiger partial charge in [0.1, 0.15) is 0 Å². The molecule has 1 fully saturated rings. The molecule has 28 heavy (non-hydrogen) atoms. The van der Waals surface area contributed by atoms with E-state index in [4.69, 9.17) is 4.98 Å². The van der Waals surface area contributed by atoms with Gasteiger partial charge in [-0.15, -0.1) is 11.3 Å². The van der Waals surface area contributed by atoms with Crippen LogP contribution in [0.15, 0.2) is 48.7 Å². The zero-order valence-corrected chi connectivity index (χ0v) is 17.3. The number of hydrogen-bond acceptors (Lipinski definition) is 4. The maximum Gasteiger partial charge on any atom is 0.0907 e. The standard InChI is InChI=1S/C24H25N3S/c1-16-4-3-10-27(16)11-9-22-13-19-6-5-18(12-21(19)15-25-22)20-7-8-24-23(14-20)26-17(2)28-24/h5-8,12-16H,3-4,9-11H2,1-2H3. The monoisotopic (exact) mass is 387 g/mol. The number of pyridine rings is 1. The lowest BCUT2D eigenvalue weighted by Crippen LogP contribution is -2.29. The van der Waals surface area contributed by atoms with Gasteiger partial charge < -0.3 is 4.90 Å². The Morgan fingerprint density at radius 2 is 1.93 bits per heavy atom. The van der Waals surface area contributed by atoms with Crippen LogP contribution in [0.25, 0.3) is 32.1 Å². The molecule has 1 aliphatic rings. The van der Waals surface area contributed by atoms with Gasteiger partial charge in [-0.1, -0.05) is 18.2 Å². The van der Waals surface area contributed by atoms with Crippen LogP contribution in [-0.4, -0.2) is 34.0 Å². The van der Waals surface area contributed by atoms with Crippen molar-refractivity contribution >= 4 is 32.3 Å². The van der Waals surface area contributed by atoms with E-state index in [0.717, 1.165) is 29.5 Å². The Labute approximate surface area is 170 Å². The largest absolute Gasteiger partial charge is 0.300 e. The van der Waals surface area contributed by atoms with Crippen molar-refractivity contribution in [3.8, 4) is 11.1 Å². The second-order valence-electron chi connectivity index (χ2n) is 7.93. The van der Waals surface area contributed by atoms with Gasteiger partial charge in [0.05, 0.1) is 15.2 Å². The fraction of sp³-hybridized carbons (Fsp3) is 0.333. The molecule has 0 spiro atoms. The molecule has 2 aromatic carbocycles. The van der Waals surface area contributed by atoms with Crippen molar-refractivity contribution in [2.45, 2.75) is 39.2 Å². The van der Waals surface area contributed by atoms with Gasteiger partial charge in [-0.3, -0.25) is 4.98 Å². The molecular weight excluding hydrogens is 362 g/mol. The first-order chi connectivity index (χ1) is 13.7. The molecule has 2 aromatic heterocycles. The van der Waals surface area contributed by atoms with E-state index in [2.05, 4.69) is 66.2 Å². The molecule has 0 amide bonds. The highest BCUT2D eigenvalue weighted by Gasteiger charge is 2.19. The van der Waals surface area contributed by atoms with Crippen LogP contribution < -0.4 is 0 Å². The summed E-state index contributed by atoms with van der Waals surface area (Å²) in [5.74, 6) is 0. The molecule has 4 heteroatoms. The van der Waals surface area contributed by atoms with Crippen molar-refractivity contribution < 1.29 is 0 Å². The van der Waals surface area contributed by atoms with Crippen molar-refractivity contribution in [3.63, 3.8) is 0 Å². The van der Waals surface area contributed by atoms with E-state index in [1.54, 1.807) is 11.3 Å². The zero-order chi connectivity index (χ0) is 19.1. The van der Waals surface area contributed by atoms with Crippen molar-refractivity contribution in [3.05, 3.63) is 59.4 Å². The minimum Gasteiger partial charge on any atom is -0.300 e. The Kier molecular flexibility index (Phi) is 4.61. The Hall–Kier alpha value is -2.30. The van der Waals surface area contributed by atoms with E-state index in [1.165, 1.54) is 51.7 Å². The first-order valence-corrected chi connectivity index (χ1v) is 11.0. The fourth-order valence-corrected chi connectivity index (χ4v) is 5.12. The Bertz CT molecular complexity index is 1150. The molecule has 3 heterocycles. The lowest BCUT2D eigenvalue weighted by molar-refractivity contribution is 0.271. The summed E-state index contributed by atoms with van der Waals surface area (Å²) < 4.78 is 1.25. The van der Waals surface area contributed by atoms with Crippen molar-refractivity contribution in [2.75, 3.05) is 13.1 Å². The number of benzene rings is 2. The topological polar surface area (TPSA) is 29.0 Å². The highest BCUT2D eigenvalue weighted by molar-refractivity contribution is 7.18. The number of nitrogens with zero attached hydrogens (tertiary/aromatic N) is 3. The fourth-order valence-electron chi connectivity index (χ4n) is 4.31. The second kappa shape index (κ2) is 7.26. The number of aromatic nitrogens is 2. The van der Waals surface area contributed by atoms with Gasteiger partial charge in [0, 0.05) is 36.3 Å². The van der Waals surface area contributed by atoms with Crippen LogP contribution in [0.1, 0.15) is 30.5 Å². The molecule has 0 aliphatic carbocycles. The summed E-state index contributed by atoms with van der Waals surface area (Å²) >= 11 is 1.75. The van der Waals surface area contributed by atoms with Crippen LogP contribution in [0.4, 0.5) is 0 Å². The molecule has 5 rings (SSSR count). The quantitative estimate of drug-likeness (QED) is 0.440. The number of likely N-dealkylation sites (tertiary alicyclic amines) is 1. The number of hydrogen-bond donors (Lipinski definition) is 0. The normalized spacial score (nSPS) is 17.7. The molecule has 1 atom stereocenters. The predicted molar refractivity (Wildman–Crippen MR) is 119 cm³/mol. The van der Waals surface area contributed by atoms with Crippen LogP contribution in [0, 0.1) is 6.92 Å². The van der Waals surface area contributed by atoms with Gasteiger partial charge in [0.25, 0.3) is 0 Å². The summed E-state index contributed by atoms with van der Waals surface area (Å²) in [4.78, 5) is 12.0. The summed E-state index contributed by atoms with van der Waals surface area (Å²) in [5.41, 5.74) is 4.72. The summed E-state index contributed by atoms with van der Waals surface area (Å²) in [6.07, 6.45) is 5.73. The van der Waals surface area contributed by atoms with Crippen molar-refractivity contribution in [1.29, 1.82) is 0 Å². The van der Waals surface area contributed by atoms with Crippen LogP contribution in [0.2, 0.25) is 0 Å². The summed E-state index contributed by atoms with van der Waals surface area (Å²) in [6.45, 7) is 6.76. The average molecular weight is 388 g/mol. The number of thiazole rings is 1. The van der Waals surface area contributed by atoms with Crippen LogP contribution in [0.3, 0.4) is 0 Å². The third-order valence-electron chi connectivity index (χ3n) is 5.95. The molecule has 1 unspecified atom stereocenters. The molecule has 142 valence electrons. The number of fused-ring (bicyclic) bond motifs is 2. The molecule has 4 aromatic rings. The second-order valence-corrected chi connectivity index (χ2v) is 9.16. The minimum atomic E-state index is 0.724. The van der Waals surface area contributed by atoms with Crippen LogP contribution in [0.5, 0.6) is 0 Å². The van der Waals surface area contributed by atoms with Crippen molar-refractivity contribution in [2.24, 2.45) is 0 Å². The van der Waals surface area contributed by atoms with Gasteiger partial charge in [-0.05, 0) is 74.0 Å². The lowest BCUT2D eigenvalue weighted by Gasteiger charge is -2.20. The first kappa shape index (κ1) is 17.8. The van der Waals surface area contributed by atoms with E-state index in [1.807, 2.05) is 6.20 Å². The van der Waals surface area contributed by atoms with E-state index in [-0.39, 0.29) is 0 Å². The van der Waals surface area contributed by atoms with Gasteiger partial charge in [0.2, 0.25) is 0 Å². The van der Waals surface area contributed by atoms with E-state index >= 15 is 0 Å². The minimum absolute atomic E-state index is 0.724. The maximum atomic E-state index is 4.74. The Balaban J connectivity index is 1.39. The Morgan fingerprint density at radius 1 is 1.07 bits per heavy atom. The number of aryl methyl sites for hydroxylation is 1. The van der Waals surface area contributed by atoms with Crippen molar-refractivity contribution in [1.82, 2.24) is 14.9 Å². The van der Waals surface area contributed by atoms with Crippen LogP contribution in [-0.2, 0) is 6.42 Å². The van der Waals surface area contributed by atoms with Gasteiger partial charge in [0.15, 0.2) is 0 Å². The zero-order valence-electron chi connectivity index (χ0n) is 16.5. The van der Waals surface area contributed by atoms with E-state index < -0.39 is 0 Å². The average Bonchev–Trinajstić information content (AvgIpc) is 3.29. The van der Waals surface area contributed by atoms with Gasteiger partial charge in [-0.25, -0.2) is 4.98 Å². The maximum absolute atomic E-state index is 4.74. The van der Waals surface area contributed by atoms with Gasteiger partial charge in [-0.2, -0.15) is 0 Å². The Morgan fingerprint density at radius 3 is 2.79 bits per heavy atom. The summed E-state index contributed by atoms with van der Waals surface area (Å²) in [7, 11) is 0. The highest BCUT2D eigenvalue weighted by atomic mass is 32.1. The molecule has 0 radical (unpaired) electrons. The van der Waals surface area contributed by atoms with E-state index in [0.29, 0.717) is 0 Å². The van der Waals surface area contributed by atoms with Crippen LogP contribution >= 0.6 is 11.3 Å². The van der Waals surface area contributed by atoms with Gasteiger partial charge >= 0.3 is 0 Å². The SMILES string of the molecule is Cc1nc2cc(-c3ccc4cc(CCN5CCCC5C)ncc4c3)ccc2s1. The smallest absolute Gasteiger partial charge is 0.0907 e. The number of rotatable bonds is 4. The highest BCUT2D eigenvalue weighted by Crippen LogP contribution is 2.29. The summed E-state index contributed by atoms with van der Waals surface area (Å²) in [5, 5.41) is 3.59.